The van der Waals surface area contributed by atoms with E-state index in [1.807, 2.05) is 0 Å². The van der Waals surface area contributed by atoms with Gasteiger partial charge in [0.15, 0.2) is 0 Å². The lowest BCUT2D eigenvalue weighted by atomic mass is 10.0. The van der Waals surface area contributed by atoms with Gasteiger partial charge in [-0.05, 0) is 38.0 Å². The molecule has 2 N–H and O–H groups in total. The Labute approximate surface area is 130 Å². The number of carbonyl (C=O) groups is 1. The third-order valence-electron chi connectivity index (χ3n) is 4.75. The van der Waals surface area contributed by atoms with Crippen LogP contribution in [0.5, 0.6) is 0 Å². The van der Waals surface area contributed by atoms with Crippen molar-refractivity contribution < 1.29 is 4.79 Å². The number of hydrogen-bond acceptors (Lipinski definition) is 5. The molecule has 2 aliphatic rings. The van der Waals surface area contributed by atoms with E-state index in [0.717, 1.165) is 50.9 Å². The minimum absolute atomic E-state index is 0.0581. The number of nitrogens with one attached hydrogen (secondary N) is 2. The molecule has 1 aliphatic heterocycles. The van der Waals surface area contributed by atoms with Crippen molar-refractivity contribution in [2.24, 2.45) is 5.92 Å². The molecular weight excluding hydrogens is 280 g/mol. The number of likely N-dealkylation sites (tertiary alicyclic amines) is 1. The first-order valence-corrected chi connectivity index (χ1v) is 8.03. The van der Waals surface area contributed by atoms with Crippen LogP contribution in [0.25, 0.3) is 0 Å². The number of rotatable bonds is 5. The predicted octanol–water partition coefficient (Wildman–Crippen LogP) is 0.620. The maximum absolute atomic E-state index is 12.2. The first-order chi connectivity index (χ1) is 10.8. The second-order valence-electron chi connectivity index (χ2n) is 6.27. The van der Waals surface area contributed by atoms with E-state index in [9.17, 15) is 4.79 Å². The number of nitrogens with zero attached hydrogens (tertiary/aromatic N) is 4. The highest BCUT2D eigenvalue weighted by Gasteiger charge is 2.30. The molecule has 3 atom stereocenters. The zero-order valence-electron chi connectivity index (χ0n) is 12.7. The highest BCUT2D eigenvalue weighted by atomic mass is 16.2. The molecule has 0 aromatic carbocycles. The second-order valence-corrected chi connectivity index (χ2v) is 6.27. The molecule has 1 aliphatic carbocycles. The highest BCUT2D eigenvalue weighted by molar-refractivity contribution is 5.79. The van der Waals surface area contributed by atoms with Crippen LogP contribution in [0, 0.1) is 17.2 Å². The minimum atomic E-state index is -0.225. The van der Waals surface area contributed by atoms with Crippen LogP contribution in [0.3, 0.4) is 0 Å². The lowest BCUT2D eigenvalue weighted by molar-refractivity contribution is -0.130. The molecule has 22 heavy (non-hydrogen) atoms. The normalized spacial score (nSPS) is 28.0. The maximum atomic E-state index is 12.2. The van der Waals surface area contributed by atoms with E-state index >= 15 is 0 Å². The Bertz CT molecular complexity index is 537. The number of amides is 1. The topological polar surface area (TPSA) is 97.7 Å². The van der Waals surface area contributed by atoms with Gasteiger partial charge in [-0.3, -0.25) is 9.89 Å². The SMILES string of the molecule is N#CC1CCCN1C(=O)CN[C@@H]1CC[C@H](Cc2ncn[nH]2)C1. The fourth-order valence-electron chi connectivity index (χ4n) is 3.58. The summed E-state index contributed by atoms with van der Waals surface area (Å²) in [4.78, 5) is 18.1. The summed E-state index contributed by atoms with van der Waals surface area (Å²) < 4.78 is 0. The van der Waals surface area contributed by atoms with Gasteiger partial charge in [0, 0.05) is 19.0 Å². The van der Waals surface area contributed by atoms with E-state index < -0.39 is 0 Å². The molecule has 0 bridgehead atoms. The van der Waals surface area contributed by atoms with Crippen molar-refractivity contribution in [3.8, 4) is 6.07 Å². The minimum Gasteiger partial charge on any atom is -0.326 e. The van der Waals surface area contributed by atoms with Crippen molar-refractivity contribution in [2.45, 2.75) is 50.6 Å². The van der Waals surface area contributed by atoms with Crippen LogP contribution in [-0.4, -0.2) is 51.2 Å². The third kappa shape index (κ3) is 3.45. The summed E-state index contributed by atoms with van der Waals surface area (Å²) in [7, 11) is 0. The molecule has 1 saturated heterocycles. The van der Waals surface area contributed by atoms with Gasteiger partial charge < -0.3 is 10.2 Å². The summed E-state index contributed by atoms with van der Waals surface area (Å²) >= 11 is 0. The fraction of sp³-hybridized carbons (Fsp3) is 0.733. The lowest BCUT2D eigenvalue weighted by Crippen LogP contribution is -2.42. The molecule has 2 fully saturated rings. The number of H-pyrrole nitrogens is 1. The Balaban J connectivity index is 1.41. The first kappa shape index (κ1) is 15.0. The Hall–Kier alpha value is -1.94. The van der Waals surface area contributed by atoms with Crippen LogP contribution in [0.4, 0.5) is 0 Å². The molecule has 1 aromatic heterocycles. The van der Waals surface area contributed by atoms with Gasteiger partial charge in [0.05, 0.1) is 12.6 Å². The van der Waals surface area contributed by atoms with Gasteiger partial charge in [-0.15, -0.1) is 0 Å². The van der Waals surface area contributed by atoms with E-state index in [0.29, 0.717) is 18.5 Å². The molecular formula is C15H22N6O. The third-order valence-corrected chi connectivity index (χ3v) is 4.75. The molecule has 3 rings (SSSR count). The Morgan fingerprint density at radius 1 is 1.50 bits per heavy atom. The van der Waals surface area contributed by atoms with Gasteiger partial charge in [0.1, 0.15) is 18.2 Å². The van der Waals surface area contributed by atoms with E-state index in [-0.39, 0.29) is 11.9 Å². The molecule has 1 aromatic rings. The van der Waals surface area contributed by atoms with Gasteiger partial charge >= 0.3 is 0 Å². The van der Waals surface area contributed by atoms with E-state index in [1.165, 1.54) is 0 Å². The number of carbonyl (C=O) groups excluding carboxylic acids is 1. The summed E-state index contributed by atoms with van der Waals surface area (Å²) in [5.74, 6) is 1.59. The summed E-state index contributed by atoms with van der Waals surface area (Å²) in [6.45, 7) is 1.06. The number of nitriles is 1. The fourth-order valence-corrected chi connectivity index (χ4v) is 3.58. The van der Waals surface area contributed by atoms with Gasteiger partial charge in [-0.25, -0.2) is 4.98 Å². The Kier molecular flexibility index (Phi) is 4.68. The van der Waals surface area contributed by atoms with Gasteiger partial charge in [-0.1, -0.05) is 0 Å². The van der Waals surface area contributed by atoms with Crippen LogP contribution in [0.1, 0.15) is 37.9 Å². The zero-order chi connectivity index (χ0) is 15.4. The van der Waals surface area contributed by atoms with Gasteiger partial charge in [0.2, 0.25) is 5.91 Å². The van der Waals surface area contributed by atoms with Crippen molar-refractivity contribution in [3.63, 3.8) is 0 Å². The van der Waals surface area contributed by atoms with Crippen molar-refractivity contribution in [1.29, 1.82) is 5.26 Å². The van der Waals surface area contributed by atoms with Gasteiger partial charge in [0.25, 0.3) is 0 Å². The Morgan fingerprint density at radius 2 is 2.41 bits per heavy atom. The molecule has 1 amide bonds. The number of aromatic amines is 1. The maximum Gasteiger partial charge on any atom is 0.237 e. The van der Waals surface area contributed by atoms with Crippen molar-refractivity contribution >= 4 is 5.91 Å². The Morgan fingerprint density at radius 3 is 3.18 bits per heavy atom. The molecule has 1 saturated carbocycles. The smallest absolute Gasteiger partial charge is 0.237 e. The summed E-state index contributed by atoms with van der Waals surface area (Å²) in [6.07, 6.45) is 7.52. The summed E-state index contributed by atoms with van der Waals surface area (Å²) in [5, 5.41) is 19.2. The monoisotopic (exact) mass is 302 g/mol. The summed E-state index contributed by atoms with van der Waals surface area (Å²) in [5.41, 5.74) is 0. The molecule has 7 heteroatoms. The average Bonchev–Trinajstić information content (AvgIpc) is 3.26. The zero-order valence-corrected chi connectivity index (χ0v) is 12.7. The first-order valence-electron chi connectivity index (χ1n) is 8.03. The van der Waals surface area contributed by atoms with Crippen LogP contribution in [-0.2, 0) is 11.2 Å². The quantitative estimate of drug-likeness (QED) is 0.831. The van der Waals surface area contributed by atoms with Gasteiger partial charge in [-0.2, -0.15) is 10.4 Å². The highest BCUT2D eigenvalue weighted by Crippen LogP contribution is 2.27. The van der Waals surface area contributed by atoms with Crippen LogP contribution in [0.2, 0.25) is 0 Å². The molecule has 0 radical (unpaired) electrons. The van der Waals surface area contributed by atoms with E-state index in [2.05, 4.69) is 26.6 Å². The molecule has 7 nitrogen and oxygen atoms in total. The van der Waals surface area contributed by atoms with E-state index in [1.54, 1.807) is 11.2 Å². The van der Waals surface area contributed by atoms with Crippen molar-refractivity contribution in [3.05, 3.63) is 12.2 Å². The number of hydrogen-bond donors (Lipinski definition) is 2. The second kappa shape index (κ2) is 6.88. The predicted molar refractivity (Wildman–Crippen MR) is 79.6 cm³/mol. The van der Waals surface area contributed by atoms with Crippen LogP contribution >= 0.6 is 0 Å². The molecule has 1 unspecified atom stereocenters. The van der Waals surface area contributed by atoms with Crippen molar-refractivity contribution in [1.82, 2.24) is 25.4 Å². The average molecular weight is 302 g/mol. The molecule has 2 heterocycles. The largest absolute Gasteiger partial charge is 0.326 e. The lowest BCUT2D eigenvalue weighted by Gasteiger charge is -2.21. The summed E-state index contributed by atoms with van der Waals surface area (Å²) in [6, 6.07) is 2.38. The molecule has 0 spiro atoms. The standard InChI is InChI=1S/C15H22N6O/c16-8-13-2-1-5-21(13)15(22)9-17-12-4-3-11(6-12)7-14-18-10-19-20-14/h10-13,17H,1-7,9H2,(H,18,19,20)/t11-,12+,13?/m0/s1. The van der Waals surface area contributed by atoms with Crippen LogP contribution < -0.4 is 5.32 Å². The molecule has 118 valence electrons. The van der Waals surface area contributed by atoms with Crippen LogP contribution in [0.15, 0.2) is 6.33 Å². The van der Waals surface area contributed by atoms with Crippen molar-refractivity contribution in [2.75, 3.05) is 13.1 Å². The number of aromatic nitrogens is 3. The van der Waals surface area contributed by atoms with E-state index in [4.69, 9.17) is 5.26 Å².